The van der Waals surface area contributed by atoms with Crippen molar-refractivity contribution in [3.8, 4) is 16.9 Å². The number of anilines is 3. The molecule has 0 fully saturated rings. The maximum Gasteiger partial charge on any atom is 0.255 e. The Morgan fingerprint density at radius 2 is 1.24 bits per heavy atom. The normalized spacial score (nSPS) is 11.3. The summed E-state index contributed by atoms with van der Waals surface area (Å²) in [7, 11) is 0. The molecular formula is C35H29N3O4. The Kier molecular flexibility index (Phi) is 8.40. The first kappa shape index (κ1) is 27.9. The fourth-order valence-electron chi connectivity index (χ4n) is 4.69. The maximum absolute atomic E-state index is 13.8. The number of amides is 3. The van der Waals surface area contributed by atoms with Gasteiger partial charge >= 0.3 is 0 Å². The van der Waals surface area contributed by atoms with Crippen molar-refractivity contribution in [2.45, 2.75) is 6.42 Å². The Labute approximate surface area is 243 Å². The summed E-state index contributed by atoms with van der Waals surface area (Å²) in [5, 5.41) is 13.1. The van der Waals surface area contributed by atoms with E-state index in [4.69, 9.17) is 5.73 Å². The molecule has 0 heterocycles. The van der Waals surface area contributed by atoms with Crippen LogP contribution in [0.25, 0.3) is 11.1 Å². The highest BCUT2D eigenvalue weighted by atomic mass is 16.3. The first-order valence-corrected chi connectivity index (χ1v) is 13.4. The number of nitrogens with two attached hydrogens (primary N) is 1. The predicted octanol–water partition coefficient (Wildman–Crippen LogP) is 6.32. The fourth-order valence-corrected chi connectivity index (χ4v) is 4.69. The van der Waals surface area contributed by atoms with E-state index in [1.807, 2.05) is 66.7 Å². The number of aromatic hydroxyl groups is 1. The van der Waals surface area contributed by atoms with E-state index >= 15 is 0 Å². The molecule has 42 heavy (non-hydrogen) atoms. The lowest BCUT2D eigenvalue weighted by molar-refractivity contribution is -0.131. The number of nitrogens with zero attached hydrogens (tertiary/aromatic N) is 1. The molecule has 0 saturated heterocycles. The average molecular weight is 556 g/mol. The lowest BCUT2D eigenvalue weighted by Gasteiger charge is -2.26. The van der Waals surface area contributed by atoms with Crippen LogP contribution in [-0.4, -0.2) is 22.8 Å². The molecule has 7 nitrogen and oxygen atoms in total. The van der Waals surface area contributed by atoms with Crippen molar-refractivity contribution in [1.82, 2.24) is 0 Å². The van der Waals surface area contributed by atoms with E-state index in [2.05, 4.69) is 5.32 Å². The molecule has 0 saturated carbocycles. The molecule has 0 radical (unpaired) electrons. The number of phenols is 1. The van der Waals surface area contributed by atoms with Crippen molar-refractivity contribution in [2.75, 3.05) is 10.2 Å². The smallest absolute Gasteiger partial charge is 0.255 e. The minimum atomic E-state index is -1.14. The molecule has 3 amide bonds. The molecule has 5 rings (SSSR count). The molecule has 5 aromatic carbocycles. The Bertz CT molecular complexity index is 1650. The molecule has 0 bridgehead atoms. The second kappa shape index (κ2) is 12.7. The minimum Gasteiger partial charge on any atom is -0.506 e. The van der Waals surface area contributed by atoms with Crippen molar-refractivity contribution in [1.29, 1.82) is 0 Å². The van der Waals surface area contributed by atoms with Crippen molar-refractivity contribution < 1.29 is 19.5 Å². The highest BCUT2D eigenvalue weighted by molar-refractivity contribution is 6.11. The van der Waals surface area contributed by atoms with Gasteiger partial charge in [0.2, 0.25) is 11.8 Å². The van der Waals surface area contributed by atoms with Gasteiger partial charge in [-0.1, -0.05) is 84.9 Å². The molecule has 5 aromatic rings. The third-order valence-electron chi connectivity index (χ3n) is 6.90. The number of benzene rings is 5. The van der Waals surface area contributed by atoms with Crippen molar-refractivity contribution >= 4 is 34.8 Å². The van der Waals surface area contributed by atoms with E-state index < -0.39 is 23.6 Å². The van der Waals surface area contributed by atoms with Gasteiger partial charge in [-0.05, 0) is 71.6 Å². The van der Waals surface area contributed by atoms with E-state index in [0.29, 0.717) is 22.5 Å². The zero-order valence-electron chi connectivity index (χ0n) is 22.7. The molecule has 1 atom stereocenters. The van der Waals surface area contributed by atoms with Crippen LogP contribution in [0.1, 0.15) is 15.9 Å². The van der Waals surface area contributed by atoms with Crippen molar-refractivity contribution in [3.63, 3.8) is 0 Å². The quantitative estimate of drug-likeness (QED) is 0.146. The van der Waals surface area contributed by atoms with Crippen LogP contribution >= 0.6 is 0 Å². The number of carbonyl (C=O) groups excluding carboxylic acids is 3. The SMILES string of the molecule is NC(=O)C(Cc1ccc(C(=O)Nc2cc(-c3ccccc3)ccc2O)cc1)C(=O)N(c1ccccc1)c1ccccc1. The van der Waals surface area contributed by atoms with E-state index in [0.717, 1.165) is 11.1 Å². The molecule has 7 heteroatoms. The van der Waals surface area contributed by atoms with Crippen molar-refractivity contribution in [3.05, 3.63) is 145 Å². The van der Waals surface area contributed by atoms with Gasteiger partial charge in [0.1, 0.15) is 11.7 Å². The molecule has 208 valence electrons. The first-order chi connectivity index (χ1) is 20.4. The van der Waals surface area contributed by atoms with E-state index in [9.17, 15) is 19.5 Å². The highest BCUT2D eigenvalue weighted by Crippen LogP contribution is 2.31. The molecule has 0 aromatic heterocycles. The third kappa shape index (κ3) is 6.37. The van der Waals surface area contributed by atoms with E-state index in [1.165, 1.54) is 11.0 Å². The van der Waals surface area contributed by atoms with Gasteiger partial charge in [0, 0.05) is 16.9 Å². The van der Waals surface area contributed by atoms with Gasteiger partial charge in [0.15, 0.2) is 0 Å². The molecule has 0 aliphatic rings. The predicted molar refractivity (Wildman–Crippen MR) is 164 cm³/mol. The summed E-state index contributed by atoms with van der Waals surface area (Å²) >= 11 is 0. The van der Waals surface area contributed by atoms with Gasteiger partial charge in [0.25, 0.3) is 5.91 Å². The van der Waals surface area contributed by atoms with Gasteiger partial charge in [-0.3, -0.25) is 19.3 Å². The third-order valence-corrected chi connectivity index (χ3v) is 6.90. The summed E-state index contributed by atoms with van der Waals surface area (Å²) in [5.41, 5.74) is 10.1. The summed E-state index contributed by atoms with van der Waals surface area (Å²) in [6.07, 6.45) is 0.0616. The zero-order chi connectivity index (χ0) is 29.5. The van der Waals surface area contributed by atoms with Crippen LogP contribution in [0.15, 0.2) is 133 Å². The second-order valence-corrected chi connectivity index (χ2v) is 9.75. The van der Waals surface area contributed by atoms with Gasteiger partial charge < -0.3 is 16.2 Å². The number of para-hydroxylation sites is 2. The number of phenolic OH excluding ortho intramolecular Hbond substituents is 1. The number of hydrogen-bond acceptors (Lipinski definition) is 4. The summed E-state index contributed by atoms with van der Waals surface area (Å²) in [6.45, 7) is 0. The van der Waals surface area contributed by atoms with Crippen LogP contribution in [0.5, 0.6) is 5.75 Å². The van der Waals surface area contributed by atoms with Crippen LogP contribution in [0, 0.1) is 5.92 Å². The highest BCUT2D eigenvalue weighted by Gasteiger charge is 2.31. The van der Waals surface area contributed by atoms with Crippen LogP contribution in [0.2, 0.25) is 0 Å². The van der Waals surface area contributed by atoms with E-state index in [1.54, 1.807) is 60.7 Å². The van der Waals surface area contributed by atoms with Gasteiger partial charge in [-0.15, -0.1) is 0 Å². The average Bonchev–Trinajstić information content (AvgIpc) is 3.02. The lowest BCUT2D eigenvalue weighted by atomic mass is 9.95. The summed E-state index contributed by atoms with van der Waals surface area (Å²) in [5.74, 6) is -2.79. The topological polar surface area (TPSA) is 113 Å². The number of nitrogens with one attached hydrogen (secondary N) is 1. The first-order valence-electron chi connectivity index (χ1n) is 13.4. The number of rotatable bonds is 9. The Hall–Kier alpha value is -5.69. The second-order valence-electron chi connectivity index (χ2n) is 9.75. The number of carbonyl (C=O) groups is 3. The largest absolute Gasteiger partial charge is 0.506 e. The molecule has 0 aliphatic heterocycles. The van der Waals surface area contributed by atoms with Crippen LogP contribution in [0.4, 0.5) is 17.1 Å². The lowest BCUT2D eigenvalue weighted by Crippen LogP contribution is -2.41. The van der Waals surface area contributed by atoms with Gasteiger partial charge in [0.05, 0.1) is 5.69 Å². The zero-order valence-corrected chi connectivity index (χ0v) is 22.7. The van der Waals surface area contributed by atoms with Crippen LogP contribution in [-0.2, 0) is 16.0 Å². The van der Waals surface area contributed by atoms with Gasteiger partial charge in [-0.2, -0.15) is 0 Å². The molecule has 1 unspecified atom stereocenters. The Morgan fingerprint density at radius 3 is 1.79 bits per heavy atom. The van der Waals surface area contributed by atoms with E-state index in [-0.39, 0.29) is 17.9 Å². The fraction of sp³-hybridized carbons (Fsp3) is 0.0571. The summed E-state index contributed by atoms with van der Waals surface area (Å²) in [4.78, 5) is 40.8. The van der Waals surface area contributed by atoms with Gasteiger partial charge in [-0.25, -0.2) is 0 Å². The van der Waals surface area contributed by atoms with Crippen LogP contribution < -0.4 is 16.0 Å². The standard InChI is InChI=1S/C35H29N3O4/c36-33(40)30(35(42)38(28-12-6-2-7-13-28)29-14-8-3-9-15-29)22-24-16-18-26(19-17-24)34(41)37-31-23-27(20-21-32(31)39)25-10-4-1-5-11-25/h1-21,23,30,39H,22H2,(H2,36,40)(H,37,41). The monoisotopic (exact) mass is 555 g/mol. The Balaban J connectivity index is 1.33. The molecule has 0 spiro atoms. The number of hydrogen-bond donors (Lipinski definition) is 3. The number of primary amides is 1. The molecular weight excluding hydrogens is 526 g/mol. The van der Waals surface area contributed by atoms with Crippen molar-refractivity contribution in [2.24, 2.45) is 11.7 Å². The van der Waals surface area contributed by atoms with Crippen LogP contribution in [0.3, 0.4) is 0 Å². The molecule has 0 aliphatic carbocycles. The summed E-state index contributed by atoms with van der Waals surface area (Å²) < 4.78 is 0. The molecule has 4 N–H and O–H groups in total. The Morgan fingerprint density at radius 1 is 0.690 bits per heavy atom. The maximum atomic E-state index is 13.8. The minimum absolute atomic E-state index is 0.0520. The summed E-state index contributed by atoms with van der Waals surface area (Å²) in [6, 6.07) is 39.4.